The van der Waals surface area contributed by atoms with Gasteiger partial charge in [-0.15, -0.1) is 0 Å². The molecular formula is C15H17BrN2O. The highest BCUT2D eigenvalue weighted by Crippen LogP contribution is 2.29. The van der Waals surface area contributed by atoms with Gasteiger partial charge in [-0.05, 0) is 41.8 Å². The van der Waals surface area contributed by atoms with Crippen molar-refractivity contribution in [3.05, 3.63) is 63.6 Å². The normalized spacial score (nSPS) is 12.2. The molecule has 3 nitrogen and oxygen atoms in total. The summed E-state index contributed by atoms with van der Waals surface area (Å²) < 4.78 is 6.21. The van der Waals surface area contributed by atoms with Crippen LogP contribution in [-0.4, -0.2) is 7.11 Å². The number of nitrogens with one attached hydrogen (secondary N) is 1. The smallest absolute Gasteiger partial charge is 0.118 e. The first-order valence-electron chi connectivity index (χ1n) is 6.02. The lowest BCUT2D eigenvalue weighted by Crippen LogP contribution is -2.29. The van der Waals surface area contributed by atoms with Crippen LogP contribution in [0.1, 0.15) is 22.7 Å². The second-order valence-electron chi connectivity index (χ2n) is 4.40. The van der Waals surface area contributed by atoms with Crippen LogP contribution in [0.25, 0.3) is 0 Å². The molecular weight excluding hydrogens is 304 g/mol. The van der Waals surface area contributed by atoms with Gasteiger partial charge < -0.3 is 4.74 Å². The minimum absolute atomic E-state index is 0.0547. The molecule has 19 heavy (non-hydrogen) atoms. The molecule has 0 bridgehead atoms. The van der Waals surface area contributed by atoms with E-state index in [1.54, 1.807) is 7.11 Å². The molecule has 4 heteroatoms. The predicted octanol–water partition coefficient (Wildman–Crippen LogP) is 3.32. The van der Waals surface area contributed by atoms with Gasteiger partial charge in [0.2, 0.25) is 0 Å². The Morgan fingerprint density at radius 1 is 1.16 bits per heavy atom. The second-order valence-corrected chi connectivity index (χ2v) is 5.25. The van der Waals surface area contributed by atoms with Gasteiger partial charge in [0.15, 0.2) is 0 Å². The van der Waals surface area contributed by atoms with E-state index in [0.29, 0.717) is 0 Å². The lowest BCUT2D eigenvalue weighted by atomic mass is 9.98. The summed E-state index contributed by atoms with van der Waals surface area (Å²) in [4.78, 5) is 0. The first kappa shape index (κ1) is 14.1. The summed E-state index contributed by atoms with van der Waals surface area (Å²) in [6.07, 6.45) is 0. The third-order valence-electron chi connectivity index (χ3n) is 3.08. The highest BCUT2D eigenvalue weighted by atomic mass is 79.9. The summed E-state index contributed by atoms with van der Waals surface area (Å²) in [5.74, 6) is 6.55. The fourth-order valence-electron chi connectivity index (χ4n) is 2.03. The van der Waals surface area contributed by atoms with E-state index in [1.807, 2.05) is 24.3 Å². The van der Waals surface area contributed by atoms with Gasteiger partial charge in [-0.1, -0.05) is 40.2 Å². The van der Waals surface area contributed by atoms with E-state index < -0.39 is 0 Å². The number of benzene rings is 2. The van der Waals surface area contributed by atoms with Crippen LogP contribution in [-0.2, 0) is 0 Å². The van der Waals surface area contributed by atoms with Gasteiger partial charge in [-0.3, -0.25) is 5.84 Å². The topological polar surface area (TPSA) is 47.3 Å². The summed E-state index contributed by atoms with van der Waals surface area (Å²) in [5.41, 5.74) is 6.27. The zero-order chi connectivity index (χ0) is 13.8. The molecule has 2 rings (SSSR count). The van der Waals surface area contributed by atoms with Gasteiger partial charge in [0.25, 0.3) is 0 Å². The molecule has 0 radical (unpaired) electrons. The van der Waals surface area contributed by atoms with E-state index >= 15 is 0 Å². The monoisotopic (exact) mass is 320 g/mol. The standard InChI is InChI=1S/C15H17BrN2O/c1-10-3-8-13(14(16)9-10)15(18-17)11-4-6-12(19-2)7-5-11/h3-9,15,18H,17H2,1-2H3. The number of rotatable bonds is 4. The minimum Gasteiger partial charge on any atom is -0.497 e. The third-order valence-corrected chi connectivity index (χ3v) is 3.77. The van der Waals surface area contributed by atoms with Crippen molar-refractivity contribution in [2.45, 2.75) is 13.0 Å². The van der Waals surface area contributed by atoms with Crippen LogP contribution in [0.5, 0.6) is 5.75 Å². The fourth-order valence-corrected chi connectivity index (χ4v) is 2.75. The summed E-state index contributed by atoms with van der Waals surface area (Å²) in [6.45, 7) is 2.06. The molecule has 2 aromatic carbocycles. The Kier molecular flexibility index (Phi) is 4.58. The van der Waals surface area contributed by atoms with Crippen molar-refractivity contribution >= 4 is 15.9 Å². The van der Waals surface area contributed by atoms with E-state index in [4.69, 9.17) is 10.6 Å². The number of hydrogen-bond acceptors (Lipinski definition) is 3. The molecule has 0 saturated heterocycles. The maximum atomic E-state index is 5.71. The molecule has 2 aromatic rings. The van der Waals surface area contributed by atoms with E-state index in [1.165, 1.54) is 5.56 Å². The van der Waals surface area contributed by atoms with Crippen molar-refractivity contribution in [3.8, 4) is 5.75 Å². The van der Waals surface area contributed by atoms with E-state index in [-0.39, 0.29) is 6.04 Å². The average molecular weight is 321 g/mol. The highest BCUT2D eigenvalue weighted by molar-refractivity contribution is 9.10. The largest absolute Gasteiger partial charge is 0.497 e. The average Bonchev–Trinajstić information content (AvgIpc) is 2.42. The Balaban J connectivity index is 2.37. The number of hydrogen-bond donors (Lipinski definition) is 2. The molecule has 1 unspecified atom stereocenters. The molecule has 0 fully saturated rings. The maximum absolute atomic E-state index is 5.71. The maximum Gasteiger partial charge on any atom is 0.118 e. The van der Waals surface area contributed by atoms with Gasteiger partial charge in [0.05, 0.1) is 13.2 Å². The molecule has 0 aliphatic rings. The highest BCUT2D eigenvalue weighted by Gasteiger charge is 2.15. The van der Waals surface area contributed by atoms with Crippen molar-refractivity contribution < 1.29 is 4.74 Å². The first-order valence-corrected chi connectivity index (χ1v) is 6.81. The Hall–Kier alpha value is -1.36. The first-order chi connectivity index (χ1) is 9.15. The molecule has 0 aliphatic heterocycles. The zero-order valence-electron chi connectivity index (χ0n) is 11.0. The van der Waals surface area contributed by atoms with Crippen LogP contribution in [0.4, 0.5) is 0 Å². The van der Waals surface area contributed by atoms with Gasteiger partial charge in [-0.25, -0.2) is 5.43 Å². The van der Waals surface area contributed by atoms with Crippen LogP contribution in [0, 0.1) is 6.92 Å². The number of aryl methyl sites for hydroxylation is 1. The summed E-state index contributed by atoms with van der Waals surface area (Å²) >= 11 is 3.59. The van der Waals surface area contributed by atoms with Crippen molar-refractivity contribution in [1.82, 2.24) is 5.43 Å². The Bertz CT molecular complexity index is 555. The van der Waals surface area contributed by atoms with Crippen molar-refractivity contribution in [2.24, 2.45) is 5.84 Å². The Morgan fingerprint density at radius 2 is 1.84 bits per heavy atom. The molecule has 1 atom stereocenters. The predicted molar refractivity (Wildman–Crippen MR) is 81.0 cm³/mol. The number of halogens is 1. The van der Waals surface area contributed by atoms with Gasteiger partial charge in [0.1, 0.15) is 5.75 Å². The van der Waals surface area contributed by atoms with Gasteiger partial charge in [-0.2, -0.15) is 0 Å². The number of methoxy groups -OCH3 is 1. The molecule has 0 heterocycles. The minimum atomic E-state index is -0.0547. The van der Waals surface area contributed by atoms with E-state index in [9.17, 15) is 0 Å². The second kappa shape index (κ2) is 6.19. The molecule has 0 amide bonds. The van der Waals surface area contributed by atoms with Gasteiger partial charge in [0, 0.05) is 4.47 Å². The molecule has 100 valence electrons. The van der Waals surface area contributed by atoms with Crippen LogP contribution < -0.4 is 16.0 Å². The van der Waals surface area contributed by atoms with Crippen LogP contribution in [0.3, 0.4) is 0 Å². The molecule has 0 spiro atoms. The van der Waals surface area contributed by atoms with Crippen molar-refractivity contribution in [1.29, 1.82) is 0 Å². The third kappa shape index (κ3) is 3.15. The van der Waals surface area contributed by atoms with Crippen LogP contribution >= 0.6 is 15.9 Å². The van der Waals surface area contributed by atoms with Crippen molar-refractivity contribution in [3.63, 3.8) is 0 Å². The van der Waals surface area contributed by atoms with Gasteiger partial charge >= 0.3 is 0 Å². The van der Waals surface area contributed by atoms with Crippen LogP contribution in [0.2, 0.25) is 0 Å². The number of ether oxygens (including phenoxy) is 1. The molecule has 0 aromatic heterocycles. The summed E-state index contributed by atoms with van der Waals surface area (Å²) in [6, 6.07) is 14.1. The molecule has 3 N–H and O–H groups in total. The summed E-state index contributed by atoms with van der Waals surface area (Å²) in [7, 11) is 1.66. The number of hydrazine groups is 1. The van der Waals surface area contributed by atoms with Crippen molar-refractivity contribution in [2.75, 3.05) is 7.11 Å². The number of nitrogens with two attached hydrogens (primary N) is 1. The SMILES string of the molecule is COc1ccc(C(NN)c2ccc(C)cc2Br)cc1. The Morgan fingerprint density at radius 3 is 2.37 bits per heavy atom. The Labute approximate surface area is 121 Å². The fraction of sp³-hybridized carbons (Fsp3) is 0.200. The lowest BCUT2D eigenvalue weighted by Gasteiger charge is -2.19. The lowest BCUT2D eigenvalue weighted by molar-refractivity contribution is 0.414. The molecule has 0 aliphatic carbocycles. The molecule has 0 saturated carbocycles. The quantitative estimate of drug-likeness (QED) is 0.671. The van der Waals surface area contributed by atoms with Crippen LogP contribution in [0.15, 0.2) is 46.9 Å². The zero-order valence-corrected chi connectivity index (χ0v) is 12.6. The van der Waals surface area contributed by atoms with E-state index in [0.717, 1.165) is 21.3 Å². The van der Waals surface area contributed by atoms with E-state index in [2.05, 4.69) is 46.5 Å². The summed E-state index contributed by atoms with van der Waals surface area (Å²) in [5, 5.41) is 0.